The van der Waals surface area contributed by atoms with Crippen molar-refractivity contribution >= 4 is 27.8 Å². The maximum atomic E-state index is 12.4. The van der Waals surface area contributed by atoms with Gasteiger partial charge in [0.2, 0.25) is 0 Å². The minimum absolute atomic E-state index is 0.524. The third-order valence-corrected chi connectivity index (χ3v) is 5.22. The standard InChI is InChI=1S/C17H16N2OS2/c20-22(17-7-2-1-3-8-17)12-14-5-4-6-15(9-14)18-10-16-11-21-13-19-16/h1-9,11,13,18H,10,12H2/t22-/m0/s1. The highest BCUT2D eigenvalue weighted by Gasteiger charge is 2.05. The second-order valence-electron chi connectivity index (χ2n) is 4.84. The van der Waals surface area contributed by atoms with Gasteiger partial charge in [0.1, 0.15) is 0 Å². The largest absolute Gasteiger partial charge is 0.379 e. The van der Waals surface area contributed by atoms with E-state index in [4.69, 9.17) is 0 Å². The zero-order chi connectivity index (χ0) is 15.2. The Balaban J connectivity index is 1.65. The van der Waals surface area contributed by atoms with E-state index in [2.05, 4.69) is 10.3 Å². The van der Waals surface area contributed by atoms with E-state index >= 15 is 0 Å². The van der Waals surface area contributed by atoms with Gasteiger partial charge in [0.15, 0.2) is 0 Å². The van der Waals surface area contributed by atoms with Gasteiger partial charge in [0.25, 0.3) is 0 Å². The van der Waals surface area contributed by atoms with Crippen molar-refractivity contribution in [3.63, 3.8) is 0 Å². The first-order valence-corrected chi connectivity index (χ1v) is 9.21. The lowest BCUT2D eigenvalue weighted by atomic mass is 10.2. The Morgan fingerprint density at radius 1 is 1.09 bits per heavy atom. The normalized spacial score (nSPS) is 12.0. The van der Waals surface area contributed by atoms with Gasteiger partial charge in [0.05, 0.1) is 34.3 Å². The molecule has 0 spiro atoms. The van der Waals surface area contributed by atoms with Gasteiger partial charge in [-0.15, -0.1) is 11.3 Å². The number of benzene rings is 2. The van der Waals surface area contributed by atoms with Crippen LogP contribution < -0.4 is 5.32 Å². The number of thiazole rings is 1. The first-order chi connectivity index (χ1) is 10.8. The minimum Gasteiger partial charge on any atom is -0.379 e. The molecule has 1 N–H and O–H groups in total. The van der Waals surface area contributed by atoms with Gasteiger partial charge in [-0.3, -0.25) is 4.21 Å². The minimum atomic E-state index is -1.01. The number of hydrogen-bond donors (Lipinski definition) is 1. The molecular formula is C17H16N2OS2. The van der Waals surface area contributed by atoms with E-state index in [1.165, 1.54) is 0 Å². The fraction of sp³-hybridized carbons (Fsp3) is 0.118. The highest BCUT2D eigenvalue weighted by molar-refractivity contribution is 7.84. The number of anilines is 1. The summed E-state index contributed by atoms with van der Waals surface area (Å²) in [7, 11) is -1.01. The van der Waals surface area contributed by atoms with Crippen LogP contribution in [0.1, 0.15) is 11.3 Å². The van der Waals surface area contributed by atoms with Crippen LogP contribution in [0.15, 0.2) is 70.4 Å². The highest BCUT2D eigenvalue weighted by atomic mass is 32.2. The molecule has 1 aromatic heterocycles. The van der Waals surface area contributed by atoms with Crippen LogP contribution in [-0.2, 0) is 23.1 Å². The summed E-state index contributed by atoms with van der Waals surface area (Å²) in [4.78, 5) is 5.11. The Labute approximate surface area is 136 Å². The first kappa shape index (κ1) is 14.9. The molecule has 0 aliphatic rings. The van der Waals surface area contributed by atoms with Gasteiger partial charge in [-0.05, 0) is 29.8 Å². The zero-order valence-corrected chi connectivity index (χ0v) is 13.6. The summed E-state index contributed by atoms with van der Waals surface area (Å²) in [5.41, 5.74) is 4.94. The molecule has 0 amide bonds. The van der Waals surface area contributed by atoms with Gasteiger partial charge in [-0.25, -0.2) is 4.98 Å². The van der Waals surface area contributed by atoms with Crippen LogP contribution in [0.2, 0.25) is 0 Å². The Bertz CT molecular complexity index is 742. The quantitative estimate of drug-likeness (QED) is 0.742. The summed E-state index contributed by atoms with van der Waals surface area (Å²) in [5, 5.41) is 5.37. The molecule has 2 aromatic carbocycles. The van der Waals surface area contributed by atoms with Crippen LogP contribution in [0.3, 0.4) is 0 Å². The molecule has 0 bridgehead atoms. The molecule has 1 heterocycles. The fourth-order valence-electron chi connectivity index (χ4n) is 2.10. The maximum Gasteiger partial charge on any atom is 0.0795 e. The van der Waals surface area contributed by atoms with E-state index in [1.54, 1.807) is 11.3 Å². The Hall–Kier alpha value is -1.98. The molecule has 3 nitrogen and oxygen atoms in total. The van der Waals surface area contributed by atoms with Gasteiger partial charge in [-0.2, -0.15) is 0 Å². The lowest BCUT2D eigenvalue weighted by Crippen LogP contribution is -2.01. The van der Waals surface area contributed by atoms with Crippen LogP contribution in [0.5, 0.6) is 0 Å². The van der Waals surface area contributed by atoms with E-state index in [1.807, 2.05) is 65.5 Å². The van der Waals surface area contributed by atoms with Crippen LogP contribution >= 0.6 is 11.3 Å². The summed E-state index contributed by atoms with van der Waals surface area (Å²) in [6.07, 6.45) is 0. The summed E-state index contributed by atoms with van der Waals surface area (Å²) in [6, 6.07) is 17.6. The third kappa shape index (κ3) is 4.02. The van der Waals surface area contributed by atoms with E-state index in [0.29, 0.717) is 12.3 Å². The number of hydrogen-bond acceptors (Lipinski definition) is 4. The van der Waals surface area contributed by atoms with Gasteiger partial charge < -0.3 is 5.32 Å². The van der Waals surface area contributed by atoms with Gasteiger partial charge in [-0.1, -0.05) is 30.3 Å². The Kier molecular flexibility index (Phi) is 4.98. The van der Waals surface area contributed by atoms with Crippen LogP contribution in [0, 0.1) is 0 Å². The lowest BCUT2D eigenvalue weighted by Gasteiger charge is -2.07. The van der Waals surface area contributed by atoms with Crippen molar-refractivity contribution in [1.82, 2.24) is 4.98 Å². The average Bonchev–Trinajstić information content (AvgIpc) is 3.08. The van der Waals surface area contributed by atoms with Crippen molar-refractivity contribution in [3.8, 4) is 0 Å². The summed E-state index contributed by atoms with van der Waals surface area (Å²) in [5.74, 6) is 0.524. The molecule has 5 heteroatoms. The molecule has 0 radical (unpaired) electrons. The Morgan fingerprint density at radius 2 is 1.95 bits per heavy atom. The molecule has 0 saturated heterocycles. The van der Waals surface area contributed by atoms with Gasteiger partial charge >= 0.3 is 0 Å². The van der Waals surface area contributed by atoms with E-state index in [-0.39, 0.29) is 0 Å². The highest BCUT2D eigenvalue weighted by Crippen LogP contribution is 2.16. The SMILES string of the molecule is O=[S@@](Cc1cccc(NCc2cscn2)c1)c1ccccc1. The summed E-state index contributed by atoms with van der Waals surface area (Å²) < 4.78 is 12.4. The molecule has 0 fully saturated rings. The molecule has 0 aliphatic carbocycles. The molecular weight excluding hydrogens is 312 g/mol. The van der Waals surface area contributed by atoms with E-state index in [0.717, 1.165) is 21.8 Å². The molecule has 112 valence electrons. The molecule has 3 aromatic rings. The number of nitrogens with one attached hydrogen (secondary N) is 1. The van der Waals surface area contributed by atoms with Crippen molar-refractivity contribution in [3.05, 3.63) is 76.7 Å². The third-order valence-electron chi connectivity index (χ3n) is 3.19. The second kappa shape index (κ2) is 7.33. The smallest absolute Gasteiger partial charge is 0.0795 e. The van der Waals surface area contributed by atoms with Gasteiger partial charge in [0, 0.05) is 16.0 Å². The molecule has 22 heavy (non-hydrogen) atoms. The van der Waals surface area contributed by atoms with Crippen LogP contribution in [0.25, 0.3) is 0 Å². The van der Waals surface area contributed by atoms with Crippen molar-refractivity contribution in [2.75, 3.05) is 5.32 Å². The maximum absolute atomic E-state index is 12.4. The first-order valence-electron chi connectivity index (χ1n) is 6.94. The lowest BCUT2D eigenvalue weighted by molar-refractivity contribution is 0.682. The predicted molar refractivity (Wildman–Crippen MR) is 92.4 cm³/mol. The van der Waals surface area contributed by atoms with E-state index < -0.39 is 10.8 Å². The predicted octanol–water partition coefficient (Wildman–Crippen LogP) is 4.06. The van der Waals surface area contributed by atoms with E-state index in [9.17, 15) is 4.21 Å². The summed E-state index contributed by atoms with van der Waals surface area (Å²) >= 11 is 1.59. The topological polar surface area (TPSA) is 42.0 Å². The number of aromatic nitrogens is 1. The second-order valence-corrected chi connectivity index (χ2v) is 7.01. The molecule has 0 aliphatic heterocycles. The molecule has 1 atom stereocenters. The number of rotatable bonds is 6. The molecule has 3 rings (SSSR count). The summed E-state index contributed by atoms with van der Waals surface area (Å²) in [6.45, 7) is 0.703. The zero-order valence-electron chi connectivity index (χ0n) is 11.9. The fourth-order valence-corrected chi connectivity index (χ4v) is 3.76. The van der Waals surface area contributed by atoms with Crippen molar-refractivity contribution in [2.45, 2.75) is 17.2 Å². The Morgan fingerprint density at radius 3 is 2.73 bits per heavy atom. The van der Waals surface area contributed by atoms with Crippen molar-refractivity contribution in [2.24, 2.45) is 0 Å². The van der Waals surface area contributed by atoms with Crippen LogP contribution in [-0.4, -0.2) is 9.19 Å². The van der Waals surface area contributed by atoms with Crippen LogP contribution in [0.4, 0.5) is 5.69 Å². The number of nitrogens with zero attached hydrogens (tertiary/aromatic N) is 1. The average molecular weight is 328 g/mol. The monoisotopic (exact) mass is 328 g/mol. The van der Waals surface area contributed by atoms with Crippen molar-refractivity contribution < 1.29 is 4.21 Å². The molecule has 0 unspecified atom stereocenters. The van der Waals surface area contributed by atoms with Crippen molar-refractivity contribution in [1.29, 1.82) is 0 Å². The molecule has 0 saturated carbocycles.